The Labute approximate surface area is 451 Å². The molecule has 0 radical (unpaired) electrons. The summed E-state index contributed by atoms with van der Waals surface area (Å²) >= 11 is 0. The molecule has 3 atom stereocenters. The number of likely N-dealkylation sites (N-methyl/N-ethyl adjacent to an activating group) is 8. The maximum absolute atomic E-state index is 14.2. The van der Waals surface area contributed by atoms with E-state index in [4.69, 9.17) is 0 Å². The Hall–Kier alpha value is -7.42. The van der Waals surface area contributed by atoms with Gasteiger partial charge in [-0.25, -0.2) is 0 Å². The van der Waals surface area contributed by atoms with Gasteiger partial charge < -0.3 is 69.8 Å². The van der Waals surface area contributed by atoms with Gasteiger partial charge in [0.15, 0.2) is 0 Å². The van der Waals surface area contributed by atoms with Crippen LogP contribution in [-0.4, -0.2) is 303 Å². The number of hydrogen-bond acceptors (Lipinski definition) is 14. The van der Waals surface area contributed by atoms with Crippen molar-refractivity contribution in [3.63, 3.8) is 0 Å². The summed E-state index contributed by atoms with van der Waals surface area (Å²) in [6.45, 7) is 0.814. The van der Waals surface area contributed by atoms with E-state index >= 15 is 0 Å². The molecule has 0 aromatic rings. The first-order valence-corrected chi connectivity index (χ1v) is 25.6. The van der Waals surface area contributed by atoms with Crippen LogP contribution in [0.1, 0.15) is 65.7 Å². The minimum absolute atomic E-state index is 0.0747. The van der Waals surface area contributed by atoms with E-state index in [1.807, 2.05) is 6.92 Å². The van der Waals surface area contributed by atoms with Crippen LogP contribution in [0.4, 0.5) is 0 Å². The molecule has 2 fully saturated rings. The molecule has 0 bridgehead atoms. The first-order valence-electron chi connectivity index (χ1n) is 25.6. The van der Waals surface area contributed by atoms with Crippen LogP contribution in [-0.2, 0) is 67.1 Å². The average molecular weight is 1090 g/mol. The molecular formula is C49H82N14O14. The average Bonchev–Trinajstić information content (AvgIpc) is 3.39. The van der Waals surface area contributed by atoms with Crippen molar-refractivity contribution in [3.8, 4) is 0 Å². The molecule has 2 heterocycles. The van der Waals surface area contributed by atoms with Crippen LogP contribution >= 0.6 is 0 Å². The molecule has 28 nitrogen and oxygen atoms in total. The molecule has 2 rings (SSSR count). The first-order chi connectivity index (χ1) is 36.0. The Bertz CT molecular complexity index is 2190. The van der Waals surface area contributed by atoms with Gasteiger partial charge in [0, 0.05) is 96.0 Å². The van der Waals surface area contributed by atoms with Gasteiger partial charge in [-0.2, -0.15) is 0 Å². The summed E-state index contributed by atoms with van der Waals surface area (Å²) in [5.41, 5.74) is 0. The van der Waals surface area contributed by atoms with Crippen LogP contribution in [0, 0.1) is 0 Å². The van der Waals surface area contributed by atoms with Crippen LogP contribution < -0.4 is 16.0 Å². The molecule has 3 unspecified atom stereocenters. The Morgan fingerprint density at radius 3 is 1.29 bits per heavy atom. The van der Waals surface area contributed by atoms with Crippen molar-refractivity contribution in [3.05, 3.63) is 0 Å². The van der Waals surface area contributed by atoms with E-state index in [1.165, 1.54) is 87.1 Å². The van der Waals surface area contributed by atoms with Crippen molar-refractivity contribution in [1.29, 1.82) is 0 Å². The van der Waals surface area contributed by atoms with Gasteiger partial charge in [-0.05, 0) is 39.5 Å². The van der Waals surface area contributed by atoms with Crippen LogP contribution in [0.3, 0.4) is 0 Å². The van der Waals surface area contributed by atoms with Gasteiger partial charge >= 0.3 is 0 Å². The summed E-state index contributed by atoms with van der Waals surface area (Å²) in [4.78, 5) is 199. The number of amides is 14. The highest BCUT2D eigenvalue weighted by atomic mass is 16.2. The fourth-order valence-corrected chi connectivity index (χ4v) is 7.87. The SMILES string of the molecule is CCCCN1C(=O)CN(C)C(=O)CNC(=O)CN(C)C(=O)CN(C)C(=O)C(C)N(C)C(=O)CN(C)C(=O)CNC(=O)CN(C)C(=O)C(C)N(C)C(=O)CN(C)C(=O)CNC(=O)CCN(C)C(=O)CC1C(=O)N1CCCCC1. The molecule has 0 aliphatic carbocycles. The number of unbranched alkanes of at least 4 members (excludes halogenated alkanes) is 1. The second-order valence-electron chi connectivity index (χ2n) is 19.7. The lowest BCUT2D eigenvalue weighted by molar-refractivity contribution is -0.151. The monoisotopic (exact) mass is 1090 g/mol. The van der Waals surface area contributed by atoms with E-state index in [2.05, 4.69) is 16.0 Å². The van der Waals surface area contributed by atoms with Crippen LogP contribution in [0.15, 0.2) is 0 Å². The molecule has 3 N–H and O–H groups in total. The minimum atomic E-state index is -1.26. The number of nitrogens with zero attached hydrogens (tertiary/aromatic N) is 11. The Morgan fingerprint density at radius 2 is 0.831 bits per heavy atom. The molecule has 432 valence electrons. The second-order valence-corrected chi connectivity index (χ2v) is 19.7. The third-order valence-corrected chi connectivity index (χ3v) is 13.6. The van der Waals surface area contributed by atoms with E-state index in [9.17, 15) is 67.1 Å². The highest BCUT2D eigenvalue weighted by Crippen LogP contribution is 2.18. The summed E-state index contributed by atoms with van der Waals surface area (Å²) in [5.74, 6) is -9.01. The van der Waals surface area contributed by atoms with Gasteiger partial charge in [0.05, 0.1) is 65.3 Å². The largest absolute Gasteiger partial charge is 0.347 e. The number of nitrogens with one attached hydrogen (secondary N) is 3. The molecule has 2 saturated heterocycles. The smallest absolute Gasteiger partial charge is 0.245 e. The van der Waals surface area contributed by atoms with Crippen molar-refractivity contribution in [1.82, 2.24) is 69.8 Å². The van der Waals surface area contributed by atoms with E-state index < -0.39 is 166 Å². The van der Waals surface area contributed by atoms with Crippen molar-refractivity contribution in [2.75, 3.05) is 149 Å². The Morgan fingerprint density at radius 1 is 0.442 bits per heavy atom. The lowest BCUT2D eigenvalue weighted by atomic mass is 10.0. The van der Waals surface area contributed by atoms with Crippen LogP contribution in [0.5, 0.6) is 0 Å². The quantitative estimate of drug-likeness (QED) is 0.238. The number of hydrogen-bond donors (Lipinski definition) is 3. The number of likely N-dealkylation sites (tertiary alicyclic amines) is 1. The molecule has 2 aliphatic rings. The maximum atomic E-state index is 14.2. The van der Waals surface area contributed by atoms with Crippen molar-refractivity contribution < 1.29 is 67.1 Å². The predicted molar refractivity (Wildman–Crippen MR) is 277 cm³/mol. The number of carbonyl (C=O) groups is 14. The van der Waals surface area contributed by atoms with Crippen molar-refractivity contribution in [2.24, 2.45) is 0 Å². The summed E-state index contributed by atoms with van der Waals surface area (Å²) in [7, 11) is 12.0. The summed E-state index contributed by atoms with van der Waals surface area (Å²) < 4.78 is 0. The van der Waals surface area contributed by atoms with E-state index in [1.54, 1.807) is 4.90 Å². The van der Waals surface area contributed by atoms with E-state index in [-0.39, 0.29) is 19.5 Å². The molecule has 0 spiro atoms. The number of piperidine rings is 1. The fourth-order valence-electron chi connectivity index (χ4n) is 7.87. The molecule has 14 amide bonds. The van der Waals surface area contributed by atoms with Crippen LogP contribution in [0.25, 0.3) is 0 Å². The van der Waals surface area contributed by atoms with Gasteiger partial charge in [0.2, 0.25) is 82.7 Å². The maximum Gasteiger partial charge on any atom is 0.245 e. The Balaban J connectivity index is 2.36. The van der Waals surface area contributed by atoms with Crippen molar-refractivity contribution in [2.45, 2.75) is 83.8 Å². The van der Waals surface area contributed by atoms with Gasteiger partial charge in [-0.3, -0.25) is 67.1 Å². The zero-order chi connectivity index (χ0) is 58.4. The third kappa shape index (κ3) is 20.9. The zero-order valence-electron chi connectivity index (χ0n) is 47.0. The predicted octanol–water partition coefficient (Wildman–Crippen LogP) is -4.96. The normalized spacial score (nSPS) is 22.9. The lowest BCUT2D eigenvalue weighted by Gasteiger charge is -2.37. The third-order valence-electron chi connectivity index (χ3n) is 13.6. The van der Waals surface area contributed by atoms with Gasteiger partial charge in [0.1, 0.15) is 18.1 Å². The topological polar surface area (TPSA) is 311 Å². The summed E-state index contributed by atoms with van der Waals surface area (Å²) in [6.07, 6.45) is 2.73. The van der Waals surface area contributed by atoms with Gasteiger partial charge in [-0.15, -0.1) is 0 Å². The summed E-state index contributed by atoms with van der Waals surface area (Å²) in [6, 6.07) is -3.48. The van der Waals surface area contributed by atoms with E-state index in [0.29, 0.717) is 25.9 Å². The standard InChI is InChI=1S/C49H82N14O14/c1-13-14-21-63-35(49(77)62-19-16-15-17-20-62)23-39(67)53(4)22-18-36(64)50-24-40(68)55(6)30-44(72)60(11)33(2)47(75)58(9)28-38(66)52-25-41(69)56(7)31-45(73)61(12)34(3)48(76)59(10)29-43(71)54(5)27-37(65)51-26-42(70)57(8)32-46(63)74/h33-35H,13-32H2,1-12H3,(H,50,64)(H,51,65)(H,52,66). The van der Waals surface area contributed by atoms with Gasteiger partial charge in [-0.1, -0.05) is 13.3 Å². The molecule has 0 aromatic carbocycles. The molecule has 0 saturated carbocycles. The van der Waals surface area contributed by atoms with Gasteiger partial charge in [0.25, 0.3) is 0 Å². The molecular weight excluding hydrogens is 1010 g/mol. The second kappa shape index (κ2) is 31.6. The highest BCUT2D eigenvalue weighted by Gasteiger charge is 2.37. The number of rotatable bonds is 4. The van der Waals surface area contributed by atoms with Crippen LogP contribution in [0.2, 0.25) is 0 Å². The Kier molecular flexibility index (Phi) is 26.9. The molecule has 28 heteroatoms. The zero-order valence-corrected chi connectivity index (χ0v) is 47.0. The lowest BCUT2D eigenvalue weighted by Crippen LogP contribution is -2.56. The minimum Gasteiger partial charge on any atom is -0.347 e. The van der Waals surface area contributed by atoms with Crippen molar-refractivity contribution >= 4 is 82.7 Å². The first kappa shape index (κ1) is 65.7. The summed E-state index contributed by atoms with van der Waals surface area (Å²) in [5, 5.41) is 7.26. The molecule has 77 heavy (non-hydrogen) atoms. The fraction of sp³-hybridized carbons (Fsp3) is 0.714. The van der Waals surface area contributed by atoms with E-state index in [0.717, 1.165) is 58.5 Å². The molecule has 0 aromatic heterocycles. The number of carbonyl (C=O) groups excluding carboxylic acids is 14. The highest BCUT2D eigenvalue weighted by molar-refractivity contribution is 5.97. The molecule has 2 aliphatic heterocycles.